The van der Waals surface area contributed by atoms with Gasteiger partial charge < -0.3 is 0 Å². The molecular weight excluding hydrogens is 384 g/mol. The van der Waals surface area contributed by atoms with Crippen molar-refractivity contribution >= 4 is 43.3 Å². The van der Waals surface area contributed by atoms with Crippen LogP contribution in [-0.4, -0.2) is 25.5 Å². The molecular formula is C10H6Br2N4O3. The number of nitrogens with zero attached hydrogens (tertiary/aromatic N) is 4. The van der Waals surface area contributed by atoms with Crippen molar-refractivity contribution in [2.75, 3.05) is 0 Å². The molecule has 7 nitrogen and oxygen atoms in total. The number of non-ortho nitro benzene ring substituents is 1. The lowest BCUT2D eigenvalue weighted by atomic mass is 10.1. The van der Waals surface area contributed by atoms with Crippen LogP contribution in [0.4, 0.5) is 5.69 Å². The second-order valence-corrected chi connectivity index (χ2v) is 4.95. The number of aromatic nitrogens is 3. The Morgan fingerprint density at radius 3 is 2.42 bits per heavy atom. The highest BCUT2D eigenvalue weighted by Gasteiger charge is 2.13. The van der Waals surface area contributed by atoms with Crippen LogP contribution in [0.1, 0.15) is 10.4 Å². The molecule has 0 spiro atoms. The van der Waals surface area contributed by atoms with E-state index in [4.69, 9.17) is 0 Å². The molecule has 98 valence electrons. The molecule has 0 aliphatic heterocycles. The Morgan fingerprint density at radius 1 is 1.32 bits per heavy atom. The first-order chi connectivity index (χ1) is 8.97. The molecule has 0 saturated carbocycles. The van der Waals surface area contributed by atoms with Crippen molar-refractivity contribution in [1.82, 2.24) is 14.8 Å². The van der Waals surface area contributed by atoms with Gasteiger partial charge in [-0.25, -0.2) is 4.68 Å². The van der Waals surface area contributed by atoms with E-state index in [0.717, 1.165) is 0 Å². The van der Waals surface area contributed by atoms with Gasteiger partial charge in [0, 0.05) is 17.7 Å². The summed E-state index contributed by atoms with van der Waals surface area (Å²) in [4.78, 5) is 25.9. The fourth-order valence-electron chi connectivity index (χ4n) is 1.39. The molecule has 19 heavy (non-hydrogen) atoms. The number of Topliss-reactive ketones (excluding diaryl/α,β-unsaturated/α-hetero) is 1. The monoisotopic (exact) mass is 388 g/mol. The third kappa shape index (κ3) is 3.24. The smallest absolute Gasteiger partial charge is 0.269 e. The van der Waals surface area contributed by atoms with Gasteiger partial charge in [-0.1, -0.05) is 0 Å². The molecule has 2 rings (SSSR count). The summed E-state index contributed by atoms with van der Waals surface area (Å²) in [6.07, 6.45) is 0. The number of halogens is 2. The second kappa shape index (κ2) is 5.57. The maximum atomic E-state index is 12.0. The highest BCUT2D eigenvalue weighted by molar-refractivity contribution is 9.11. The van der Waals surface area contributed by atoms with E-state index >= 15 is 0 Å². The number of hydrogen-bond acceptors (Lipinski definition) is 5. The van der Waals surface area contributed by atoms with Crippen molar-refractivity contribution in [1.29, 1.82) is 0 Å². The minimum Gasteiger partial charge on any atom is -0.292 e. The maximum absolute atomic E-state index is 12.0. The Hall–Kier alpha value is -1.61. The Labute approximate surface area is 124 Å². The summed E-state index contributed by atoms with van der Waals surface area (Å²) in [6.45, 7) is -0.00298. The van der Waals surface area contributed by atoms with Crippen molar-refractivity contribution in [3.8, 4) is 0 Å². The number of nitro benzene ring substituents is 1. The van der Waals surface area contributed by atoms with Crippen LogP contribution in [-0.2, 0) is 6.54 Å². The fourth-order valence-corrected chi connectivity index (χ4v) is 2.36. The standard InChI is InChI=1S/C10H6Br2N4O3/c11-9-13-10(12)15(14-9)5-8(17)6-1-3-7(4-2-6)16(18)19/h1-4H,5H2. The average molecular weight is 390 g/mol. The van der Waals surface area contributed by atoms with E-state index in [9.17, 15) is 14.9 Å². The minimum atomic E-state index is -0.515. The molecule has 2 aromatic rings. The molecule has 0 saturated heterocycles. The van der Waals surface area contributed by atoms with Gasteiger partial charge in [-0.15, -0.1) is 5.10 Å². The summed E-state index contributed by atoms with van der Waals surface area (Å²) in [7, 11) is 0. The zero-order valence-electron chi connectivity index (χ0n) is 9.29. The molecule has 0 unspecified atom stereocenters. The molecule has 0 amide bonds. The Bertz CT molecular complexity index is 639. The van der Waals surface area contributed by atoms with Gasteiger partial charge in [-0.2, -0.15) is 4.98 Å². The molecule has 1 aromatic carbocycles. The third-order valence-corrected chi connectivity index (χ3v) is 3.22. The SMILES string of the molecule is O=C(Cn1nc(Br)nc1Br)c1ccc([N+](=O)[O-])cc1. The first-order valence-corrected chi connectivity index (χ1v) is 6.59. The number of benzene rings is 1. The number of rotatable bonds is 4. The summed E-state index contributed by atoms with van der Waals surface area (Å²) < 4.78 is 2.18. The van der Waals surface area contributed by atoms with Gasteiger partial charge in [0.25, 0.3) is 5.69 Å². The summed E-state index contributed by atoms with van der Waals surface area (Å²) in [5.74, 6) is -0.215. The molecule has 0 fully saturated rings. The van der Waals surface area contributed by atoms with Gasteiger partial charge in [0.05, 0.1) is 4.92 Å². The third-order valence-electron chi connectivity index (χ3n) is 2.29. The topological polar surface area (TPSA) is 90.9 Å². The predicted molar refractivity (Wildman–Crippen MR) is 72.8 cm³/mol. The number of ketones is 1. The van der Waals surface area contributed by atoms with Crippen LogP contribution in [0.5, 0.6) is 0 Å². The highest BCUT2D eigenvalue weighted by Crippen LogP contribution is 2.15. The predicted octanol–water partition coefficient (Wildman–Crippen LogP) is 2.59. The van der Waals surface area contributed by atoms with Crippen molar-refractivity contribution in [2.45, 2.75) is 6.54 Å². The first kappa shape index (κ1) is 13.8. The maximum Gasteiger partial charge on any atom is 0.269 e. The minimum absolute atomic E-state index is 0.00298. The average Bonchev–Trinajstić information content (AvgIpc) is 2.68. The zero-order chi connectivity index (χ0) is 14.0. The van der Waals surface area contributed by atoms with Crippen LogP contribution in [0.3, 0.4) is 0 Å². The summed E-state index contributed by atoms with van der Waals surface area (Å²) in [6, 6.07) is 5.42. The zero-order valence-corrected chi connectivity index (χ0v) is 12.5. The van der Waals surface area contributed by atoms with Gasteiger partial charge in [-0.05, 0) is 44.0 Å². The van der Waals surface area contributed by atoms with E-state index in [-0.39, 0.29) is 18.0 Å². The van der Waals surface area contributed by atoms with E-state index in [1.54, 1.807) is 0 Å². The van der Waals surface area contributed by atoms with Crippen molar-refractivity contribution in [3.05, 3.63) is 49.4 Å². The van der Waals surface area contributed by atoms with Crippen LogP contribution in [0.2, 0.25) is 0 Å². The van der Waals surface area contributed by atoms with Crippen LogP contribution >= 0.6 is 31.9 Å². The first-order valence-electron chi connectivity index (χ1n) is 5.01. The van der Waals surface area contributed by atoms with E-state index in [2.05, 4.69) is 41.9 Å². The largest absolute Gasteiger partial charge is 0.292 e. The Kier molecular flexibility index (Phi) is 4.05. The van der Waals surface area contributed by atoms with E-state index in [0.29, 0.717) is 15.0 Å². The molecule has 0 aliphatic rings. The number of hydrogen-bond donors (Lipinski definition) is 0. The van der Waals surface area contributed by atoms with Crippen LogP contribution < -0.4 is 0 Å². The molecule has 0 bridgehead atoms. The number of carbonyl (C=O) groups excluding carboxylic acids is 1. The molecule has 0 atom stereocenters. The van der Waals surface area contributed by atoms with Gasteiger partial charge in [0.1, 0.15) is 6.54 Å². The van der Waals surface area contributed by atoms with Crippen LogP contribution in [0.15, 0.2) is 33.7 Å². The van der Waals surface area contributed by atoms with E-state index < -0.39 is 4.92 Å². The van der Waals surface area contributed by atoms with Gasteiger partial charge in [0.2, 0.25) is 4.73 Å². The highest BCUT2D eigenvalue weighted by atomic mass is 79.9. The van der Waals surface area contributed by atoms with Crippen molar-refractivity contribution < 1.29 is 9.72 Å². The van der Waals surface area contributed by atoms with Gasteiger partial charge >= 0.3 is 0 Å². The second-order valence-electron chi connectivity index (χ2n) is 3.53. The summed E-state index contributed by atoms with van der Waals surface area (Å²) >= 11 is 6.26. The molecule has 1 heterocycles. The van der Waals surface area contributed by atoms with Gasteiger partial charge in [-0.3, -0.25) is 14.9 Å². The van der Waals surface area contributed by atoms with Crippen molar-refractivity contribution in [3.63, 3.8) is 0 Å². The van der Waals surface area contributed by atoms with E-state index in [1.165, 1.54) is 28.9 Å². The fraction of sp³-hybridized carbons (Fsp3) is 0.100. The molecule has 1 aromatic heterocycles. The quantitative estimate of drug-likeness (QED) is 0.455. The molecule has 9 heteroatoms. The van der Waals surface area contributed by atoms with E-state index in [1.807, 2.05) is 0 Å². The van der Waals surface area contributed by atoms with Crippen LogP contribution in [0.25, 0.3) is 0 Å². The normalized spacial score (nSPS) is 10.4. The molecule has 0 aliphatic carbocycles. The lowest BCUT2D eigenvalue weighted by Crippen LogP contribution is -2.12. The lowest BCUT2D eigenvalue weighted by Gasteiger charge is -2.01. The summed E-state index contributed by atoms with van der Waals surface area (Å²) in [5.41, 5.74) is 0.324. The Morgan fingerprint density at radius 2 is 1.95 bits per heavy atom. The van der Waals surface area contributed by atoms with Crippen molar-refractivity contribution in [2.24, 2.45) is 0 Å². The Balaban J connectivity index is 2.16. The van der Waals surface area contributed by atoms with Gasteiger partial charge in [0.15, 0.2) is 10.5 Å². The lowest BCUT2D eigenvalue weighted by molar-refractivity contribution is -0.384. The number of carbonyl (C=O) groups is 1. The number of nitro groups is 1. The molecule has 0 radical (unpaired) electrons. The van der Waals surface area contributed by atoms with Crippen LogP contribution in [0, 0.1) is 10.1 Å². The molecule has 0 N–H and O–H groups in total. The summed E-state index contributed by atoms with van der Waals surface area (Å²) in [5, 5.41) is 14.5.